The topological polar surface area (TPSA) is 37.3 Å². The number of hydrogen-bond acceptors (Lipinski definition) is 2. The van der Waals surface area contributed by atoms with Crippen LogP contribution in [-0.4, -0.2) is 16.8 Å². The molecule has 0 fully saturated rings. The van der Waals surface area contributed by atoms with Gasteiger partial charge in [0.2, 0.25) is 0 Å². The summed E-state index contributed by atoms with van der Waals surface area (Å²) in [6.45, 7) is 0. The highest BCUT2D eigenvalue weighted by molar-refractivity contribution is 7.99. The fraction of sp³-hybridized carbons (Fsp3) is 0.133. The summed E-state index contributed by atoms with van der Waals surface area (Å²) in [4.78, 5) is 10.5. The number of aliphatic carboxylic acids is 1. The largest absolute Gasteiger partial charge is 0.481 e. The van der Waals surface area contributed by atoms with E-state index in [2.05, 4.69) is 0 Å². The van der Waals surface area contributed by atoms with Gasteiger partial charge >= 0.3 is 5.97 Å². The zero-order valence-corrected chi connectivity index (χ0v) is 11.7. The summed E-state index contributed by atoms with van der Waals surface area (Å²) in [6.07, 6.45) is 0. The molecule has 0 aromatic heterocycles. The molecule has 4 heteroatoms. The Labute approximate surface area is 121 Å². The first-order chi connectivity index (χ1) is 9.16. The molecule has 98 valence electrons. The molecule has 0 unspecified atom stereocenters. The second kappa shape index (κ2) is 6.64. The first-order valence-electron chi connectivity index (χ1n) is 5.80. The lowest BCUT2D eigenvalue weighted by Gasteiger charge is -2.09. The molecular formula is C15H13ClO2S. The minimum atomic E-state index is -0.783. The van der Waals surface area contributed by atoms with Gasteiger partial charge in [0.1, 0.15) is 0 Å². The van der Waals surface area contributed by atoms with Crippen LogP contribution in [0.25, 0.3) is 11.1 Å². The van der Waals surface area contributed by atoms with Crippen molar-refractivity contribution in [2.24, 2.45) is 0 Å². The first-order valence-corrected chi connectivity index (χ1v) is 7.33. The van der Waals surface area contributed by atoms with Crippen LogP contribution in [0.15, 0.2) is 48.5 Å². The molecule has 0 heterocycles. The molecule has 2 aromatic rings. The Balaban J connectivity index is 2.20. The van der Waals surface area contributed by atoms with E-state index >= 15 is 0 Å². The molecule has 0 radical (unpaired) electrons. The van der Waals surface area contributed by atoms with Gasteiger partial charge < -0.3 is 5.11 Å². The predicted molar refractivity (Wildman–Crippen MR) is 80.7 cm³/mol. The minimum Gasteiger partial charge on any atom is -0.481 e. The minimum absolute atomic E-state index is 0.120. The monoisotopic (exact) mass is 292 g/mol. The zero-order valence-electron chi connectivity index (χ0n) is 10.2. The lowest BCUT2D eigenvalue weighted by molar-refractivity contribution is -0.133. The number of thioether (sulfide) groups is 1. The average Bonchev–Trinajstić information content (AvgIpc) is 2.40. The van der Waals surface area contributed by atoms with Crippen LogP contribution in [0.5, 0.6) is 0 Å². The Bertz CT molecular complexity index is 567. The van der Waals surface area contributed by atoms with E-state index in [4.69, 9.17) is 16.7 Å². The van der Waals surface area contributed by atoms with Crippen LogP contribution in [-0.2, 0) is 10.5 Å². The van der Waals surface area contributed by atoms with Crippen molar-refractivity contribution in [1.82, 2.24) is 0 Å². The normalized spacial score (nSPS) is 10.4. The summed E-state index contributed by atoms with van der Waals surface area (Å²) in [7, 11) is 0. The summed E-state index contributed by atoms with van der Waals surface area (Å²) < 4.78 is 0. The van der Waals surface area contributed by atoms with E-state index in [0.29, 0.717) is 10.8 Å². The molecule has 0 aliphatic rings. The van der Waals surface area contributed by atoms with Gasteiger partial charge in [-0.05, 0) is 28.8 Å². The summed E-state index contributed by atoms with van der Waals surface area (Å²) in [5.74, 6) is 0.0222. The summed E-state index contributed by atoms with van der Waals surface area (Å²) in [6, 6.07) is 15.7. The molecule has 0 saturated carbocycles. The molecular weight excluding hydrogens is 280 g/mol. The molecule has 2 rings (SSSR count). The van der Waals surface area contributed by atoms with Crippen LogP contribution < -0.4 is 0 Å². The smallest absolute Gasteiger partial charge is 0.313 e. The van der Waals surface area contributed by atoms with Gasteiger partial charge in [-0.15, -0.1) is 11.8 Å². The highest BCUT2D eigenvalue weighted by Gasteiger charge is 2.06. The molecule has 0 saturated heterocycles. The Hall–Kier alpha value is -1.45. The van der Waals surface area contributed by atoms with Crippen molar-refractivity contribution in [2.45, 2.75) is 5.75 Å². The Kier molecular flexibility index (Phi) is 4.88. The standard InChI is InChI=1S/C15H13ClO2S/c16-13-7-5-11(6-8-13)14-4-2-1-3-12(14)9-19-10-15(17)18/h1-8H,9-10H2,(H,17,18). The Morgan fingerprint density at radius 3 is 2.47 bits per heavy atom. The summed E-state index contributed by atoms with van der Waals surface area (Å²) in [5, 5.41) is 9.38. The van der Waals surface area contributed by atoms with E-state index in [1.807, 2.05) is 48.5 Å². The van der Waals surface area contributed by atoms with Crippen LogP contribution in [0.1, 0.15) is 5.56 Å². The van der Waals surface area contributed by atoms with Crippen molar-refractivity contribution in [3.05, 3.63) is 59.1 Å². The van der Waals surface area contributed by atoms with Gasteiger partial charge in [0.05, 0.1) is 5.75 Å². The summed E-state index contributed by atoms with van der Waals surface area (Å²) >= 11 is 7.29. The van der Waals surface area contributed by atoms with Crippen molar-refractivity contribution < 1.29 is 9.90 Å². The van der Waals surface area contributed by atoms with Crippen molar-refractivity contribution >= 4 is 29.3 Å². The fourth-order valence-corrected chi connectivity index (χ4v) is 2.68. The molecule has 0 amide bonds. The van der Waals surface area contributed by atoms with E-state index in [1.165, 1.54) is 11.8 Å². The maximum atomic E-state index is 10.5. The van der Waals surface area contributed by atoms with Gasteiger partial charge in [-0.3, -0.25) is 4.79 Å². The average molecular weight is 293 g/mol. The van der Waals surface area contributed by atoms with Gasteiger partial charge in [-0.1, -0.05) is 48.0 Å². The third-order valence-electron chi connectivity index (χ3n) is 2.66. The van der Waals surface area contributed by atoms with Gasteiger partial charge in [-0.25, -0.2) is 0 Å². The molecule has 2 aromatic carbocycles. The van der Waals surface area contributed by atoms with Crippen molar-refractivity contribution in [3.63, 3.8) is 0 Å². The molecule has 0 atom stereocenters. The van der Waals surface area contributed by atoms with Crippen LogP contribution in [0.4, 0.5) is 0 Å². The Morgan fingerprint density at radius 2 is 1.79 bits per heavy atom. The van der Waals surface area contributed by atoms with E-state index in [1.54, 1.807) is 0 Å². The number of hydrogen-bond donors (Lipinski definition) is 1. The van der Waals surface area contributed by atoms with Crippen LogP contribution in [0.2, 0.25) is 5.02 Å². The lowest BCUT2D eigenvalue weighted by Crippen LogP contribution is -1.98. The highest BCUT2D eigenvalue weighted by atomic mass is 35.5. The van der Waals surface area contributed by atoms with Crippen molar-refractivity contribution in [1.29, 1.82) is 0 Å². The number of carboxylic acids is 1. The molecule has 0 aliphatic carbocycles. The highest BCUT2D eigenvalue weighted by Crippen LogP contribution is 2.27. The van der Waals surface area contributed by atoms with Crippen LogP contribution >= 0.6 is 23.4 Å². The predicted octanol–water partition coefficient (Wildman–Crippen LogP) is 4.32. The van der Waals surface area contributed by atoms with Crippen LogP contribution in [0.3, 0.4) is 0 Å². The molecule has 0 spiro atoms. The molecule has 1 N–H and O–H groups in total. The van der Waals surface area contributed by atoms with Gasteiger partial charge in [0.25, 0.3) is 0 Å². The summed E-state index contributed by atoms with van der Waals surface area (Å²) in [5.41, 5.74) is 3.35. The maximum Gasteiger partial charge on any atom is 0.313 e. The SMILES string of the molecule is O=C(O)CSCc1ccccc1-c1ccc(Cl)cc1. The fourth-order valence-electron chi connectivity index (χ4n) is 1.81. The molecule has 0 aliphatic heterocycles. The van der Waals surface area contributed by atoms with Crippen molar-refractivity contribution in [2.75, 3.05) is 5.75 Å². The molecule has 2 nitrogen and oxygen atoms in total. The third-order valence-corrected chi connectivity index (χ3v) is 3.87. The van der Waals surface area contributed by atoms with E-state index in [0.717, 1.165) is 16.7 Å². The number of halogens is 1. The second-order valence-corrected chi connectivity index (χ2v) is 5.47. The number of benzene rings is 2. The van der Waals surface area contributed by atoms with Gasteiger partial charge in [0, 0.05) is 10.8 Å². The van der Waals surface area contributed by atoms with Crippen molar-refractivity contribution in [3.8, 4) is 11.1 Å². The zero-order chi connectivity index (χ0) is 13.7. The van der Waals surface area contributed by atoms with Crippen LogP contribution in [0, 0.1) is 0 Å². The van der Waals surface area contributed by atoms with E-state index in [-0.39, 0.29) is 5.75 Å². The van der Waals surface area contributed by atoms with E-state index in [9.17, 15) is 4.79 Å². The third kappa shape index (κ3) is 4.01. The second-order valence-electron chi connectivity index (χ2n) is 4.05. The lowest BCUT2D eigenvalue weighted by atomic mass is 10.0. The Morgan fingerprint density at radius 1 is 1.11 bits per heavy atom. The van der Waals surface area contributed by atoms with Gasteiger partial charge in [-0.2, -0.15) is 0 Å². The molecule has 19 heavy (non-hydrogen) atoms. The number of carbonyl (C=O) groups is 1. The first kappa shape index (κ1) is 14.0. The number of rotatable bonds is 5. The maximum absolute atomic E-state index is 10.5. The number of carboxylic acid groups (broad SMARTS) is 1. The molecule has 0 bridgehead atoms. The quantitative estimate of drug-likeness (QED) is 0.891. The van der Waals surface area contributed by atoms with E-state index < -0.39 is 5.97 Å². The van der Waals surface area contributed by atoms with Gasteiger partial charge in [0.15, 0.2) is 0 Å².